The third kappa shape index (κ3) is 4.92. The first-order valence-corrected chi connectivity index (χ1v) is 12.9. The Bertz CT molecular complexity index is 1420. The third-order valence-electron chi connectivity index (χ3n) is 7.15. The normalized spacial score (nSPS) is 17.1. The molecule has 0 bridgehead atoms. The quantitative estimate of drug-likeness (QED) is 0.456. The summed E-state index contributed by atoms with van der Waals surface area (Å²) in [7, 11) is 2.96. The zero-order chi connectivity index (χ0) is 27.0. The van der Waals surface area contributed by atoms with E-state index in [9.17, 15) is 19.1 Å². The maximum absolute atomic E-state index is 14.5. The summed E-state index contributed by atoms with van der Waals surface area (Å²) in [6.45, 7) is 0.387. The standard InChI is InChI=1S/C27H28ClFN4O5/c1-37-19-4-3-5-20(38-2)24(19)33-21(9-8-15-6-7-15)31-25(34)22(27(33)36)26(35)32-11-10-16(14-32)23-18(29)12-17(28)13-30-23/h3-5,12-13,15-16,36H,6-11,14H2,1-2H3. The molecule has 1 aliphatic carbocycles. The van der Waals surface area contributed by atoms with Crippen molar-refractivity contribution in [2.45, 2.75) is 38.0 Å². The van der Waals surface area contributed by atoms with Gasteiger partial charge in [0.2, 0.25) is 5.88 Å². The van der Waals surface area contributed by atoms with E-state index < -0.39 is 28.7 Å². The first-order chi connectivity index (χ1) is 18.3. The Morgan fingerprint density at radius 1 is 1.21 bits per heavy atom. The van der Waals surface area contributed by atoms with Crippen LogP contribution in [0, 0.1) is 11.7 Å². The van der Waals surface area contributed by atoms with Crippen molar-refractivity contribution in [1.82, 2.24) is 19.4 Å². The van der Waals surface area contributed by atoms with E-state index in [1.54, 1.807) is 18.2 Å². The van der Waals surface area contributed by atoms with Crippen molar-refractivity contribution >= 4 is 17.5 Å². The molecule has 9 nitrogen and oxygen atoms in total. The molecule has 3 aromatic rings. The van der Waals surface area contributed by atoms with Gasteiger partial charge in [-0.1, -0.05) is 30.5 Å². The van der Waals surface area contributed by atoms with E-state index in [0.717, 1.165) is 19.3 Å². The van der Waals surface area contributed by atoms with Crippen LogP contribution in [0.4, 0.5) is 4.39 Å². The van der Waals surface area contributed by atoms with Crippen LogP contribution in [0.3, 0.4) is 0 Å². The number of nitrogens with zero attached hydrogens (tertiary/aromatic N) is 4. The number of hydrogen-bond donors (Lipinski definition) is 1. The van der Waals surface area contributed by atoms with Crippen LogP contribution in [0.5, 0.6) is 17.4 Å². The predicted octanol–water partition coefficient (Wildman–Crippen LogP) is 4.12. The van der Waals surface area contributed by atoms with Crippen LogP contribution >= 0.6 is 11.6 Å². The Labute approximate surface area is 223 Å². The van der Waals surface area contributed by atoms with Crippen molar-refractivity contribution in [3.8, 4) is 23.1 Å². The van der Waals surface area contributed by atoms with E-state index in [0.29, 0.717) is 41.8 Å². The van der Waals surface area contributed by atoms with Gasteiger partial charge >= 0.3 is 0 Å². The van der Waals surface area contributed by atoms with Crippen LogP contribution in [0.1, 0.15) is 53.5 Å². The number of aryl methyl sites for hydroxylation is 1. The number of hydrogen-bond acceptors (Lipinski definition) is 7. The minimum atomic E-state index is -0.817. The van der Waals surface area contributed by atoms with E-state index in [-0.39, 0.29) is 29.7 Å². The van der Waals surface area contributed by atoms with E-state index in [4.69, 9.17) is 21.1 Å². The summed E-state index contributed by atoms with van der Waals surface area (Å²) < 4.78 is 26.9. The highest BCUT2D eigenvalue weighted by atomic mass is 35.5. The smallest absolute Gasteiger partial charge is 0.289 e. The average molecular weight is 543 g/mol. The minimum absolute atomic E-state index is 0.130. The molecule has 2 aliphatic rings. The lowest BCUT2D eigenvalue weighted by Crippen LogP contribution is -2.35. The van der Waals surface area contributed by atoms with Gasteiger partial charge in [-0.25, -0.2) is 4.39 Å². The van der Waals surface area contributed by atoms with Crippen LogP contribution in [0.2, 0.25) is 5.02 Å². The maximum Gasteiger partial charge on any atom is 0.289 e. The highest BCUT2D eigenvalue weighted by Crippen LogP contribution is 2.39. The van der Waals surface area contributed by atoms with Crippen LogP contribution in [0.25, 0.3) is 5.69 Å². The van der Waals surface area contributed by atoms with Crippen molar-refractivity contribution in [3.63, 3.8) is 0 Å². The largest absolute Gasteiger partial charge is 0.494 e. The number of pyridine rings is 1. The lowest BCUT2D eigenvalue weighted by molar-refractivity contribution is 0.0784. The van der Waals surface area contributed by atoms with Crippen molar-refractivity contribution in [2.24, 2.45) is 5.92 Å². The van der Waals surface area contributed by atoms with Gasteiger partial charge in [0.25, 0.3) is 11.5 Å². The van der Waals surface area contributed by atoms with Gasteiger partial charge in [0, 0.05) is 31.6 Å². The molecule has 11 heteroatoms. The number of carbonyl (C=O) groups excluding carboxylic acids is 1. The van der Waals surface area contributed by atoms with Crippen LogP contribution in [0.15, 0.2) is 35.3 Å². The average Bonchev–Trinajstić information content (AvgIpc) is 3.61. The molecule has 1 aliphatic heterocycles. The summed E-state index contributed by atoms with van der Waals surface area (Å²) in [5, 5.41) is 11.7. The van der Waals surface area contributed by atoms with Crippen LogP contribution in [-0.2, 0) is 6.42 Å². The molecule has 1 atom stereocenters. The second-order valence-corrected chi connectivity index (χ2v) is 10.1. The number of methoxy groups -OCH3 is 2. The van der Waals surface area contributed by atoms with Gasteiger partial charge in [0.05, 0.1) is 24.9 Å². The highest BCUT2D eigenvalue weighted by Gasteiger charge is 2.35. The Balaban J connectivity index is 1.55. The van der Waals surface area contributed by atoms with Crippen LogP contribution < -0.4 is 15.0 Å². The van der Waals surface area contributed by atoms with Gasteiger partial charge in [-0.2, -0.15) is 4.98 Å². The number of ether oxygens (including phenoxy) is 2. The number of halogens is 2. The molecule has 2 aromatic heterocycles. The molecule has 3 heterocycles. The van der Waals surface area contributed by atoms with Gasteiger partial charge in [-0.15, -0.1) is 0 Å². The van der Waals surface area contributed by atoms with Crippen molar-refractivity contribution in [3.05, 3.63) is 68.7 Å². The third-order valence-corrected chi connectivity index (χ3v) is 7.36. The number of benzene rings is 1. The zero-order valence-electron chi connectivity index (χ0n) is 21.1. The molecule has 1 aromatic carbocycles. The van der Waals surface area contributed by atoms with E-state index in [1.807, 2.05) is 0 Å². The summed E-state index contributed by atoms with van der Waals surface area (Å²) in [5.41, 5.74) is -0.728. The van der Waals surface area contributed by atoms with Crippen LogP contribution in [-0.4, -0.2) is 57.8 Å². The van der Waals surface area contributed by atoms with Gasteiger partial charge in [0.1, 0.15) is 28.8 Å². The summed E-state index contributed by atoms with van der Waals surface area (Å²) in [4.78, 5) is 36.5. The molecule has 200 valence electrons. The second-order valence-electron chi connectivity index (χ2n) is 9.62. The first kappa shape index (κ1) is 26.0. The fourth-order valence-electron chi connectivity index (χ4n) is 4.99. The second kappa shape index (κ2) is 10.6. The minimum Gasteiger partial charge on any atom is -0.494 e. The number of aromatic hydroxyl groups is 1. The highest BCUT2D eigenvalue weighted by molar-refractivity contribution is 6.30. The van der Waals surface area contributed by atoms with Crippen molar-refractivity contribution < 1.29 is 23.8 Å². The summed E-state index contributed by atoms with van der Waals surface area (Å²) >= 11 is 5.83. The number of carbonyl (C=O) groups is 1. The zero-order valence-corrected chi connectivity index (χ0v) is 21.9. The monoisotopic (exact) mass is 542 g/mol. The number of rotatable bonds is 8. The number of aromatic nitrogens is 3. The SMILES string of the molecule is COc1cccc(OC)c1-n1c(CCC2CC2)nc(=O)c(C(=O)N2CCC(c3ncc(Cl)cc3F)C2)c1O. The maximum atomic E-state index is 14.5. The Kier molecular flexibility index (Phi) is 7.25. The molecular weight excluding hydrogens is 515 g/mol. The van der Waals surface area contributed by atoms with E-state index >= 15 is 0 Å². The number of para-hydroxylation sites is 1. The first-order valence-electron chi connectivity index (χ1n) is 12.5. The van der Waals surface area contributed by atoms with Crippen molar-refractivity contribution in [1.29, 1.82) is 0 Å². The lowest BCUT2D eigenvalue weighted by atomic mass is 10.0. The van der Waals surface area contributed by atoms with Gasteiger partial charge in [0.15, 0.2) is 5.56 Å². The predicted molar refractivity (Wildman–Crippen MR) is 138 cm³/mol. The number of amides is 1. The fourth-order valence-corrected chi connectivity index (χ4v) is 5.13. The molecular formula is C27H28ClFN4O5. The molecule has 5 rings (SSSR count). The molecule has 1 amide bonds. The molecule has 0 radical (unpaired) electrons. The molecule has 1 N–H and O–H groups in total. The molecule has 1 saturated heterocycles. The fraction of sp³-hybridized carbons (Fsp3) is 0.407. The van der Waals surface area contributed by atoms with Gasteiger partial charge < -0.3 is 19.5 Å². The lowest BCUT2D eigenvalue weighted by Gasteiger charge is -2.22. The van der Waals surface area contributed by atoms with Crippen molar-refractivity contribution in [2.75, 3.05) is 27.3 Å². The van der Waals surface area contributed by atoms with Gasteiger partial charge in [-0.05, 0) is 37.0 Å². The Morgan fingerprint density at radius 2 is 1.92 bits per heavy atom. The van der Waals surface area contributed by atoms with E-state index in [2.05, 4.69) is 9.97 Å². The topological polar surface area (TPSA) is 107 Å². The van der Waals surface area contributed by atoms with E-state index in [1.165, 1.54) is 35.9 Å². The molecule has 1 saturated carbocycles. The Morgan fingerprint density at radius 3 is 2.55 bits per heavy atom. The summed E-state index contributed by atoms with van der Waals surface area (Å²) in [5.74, 6) is -0.538. The summed E-state index contributed by atoms with van der Waals surface area (Å²) in [6.07, 6.45) is 5.26. The molecule has 1 unspecified atom stereocenters. The molecule has 2 fully saturated rings. The summed E-state index contributed by atoms with van der Waals surface area (Å²) in [6, 6.07) is 6.31. The number of likely N-dealkylation sites (tertiary alicyclic amines) is 1. The Hall–Kier alpha value is -3.66. The van der Waals surface area contributed by atoms with Gasteiger partial charge in [-0.3, -0.25) is 19.1 Å². The molecule has 0 spiro atoms. The molecule has 38 heavy (non-hydrogen) atoms.